The van der Waals surface area contributed by atoms with Crippen molar-refractivity contribution in [2.24, 2.45) is 0 Å². The lowest BCUT2D eigenvalue weighted by Crippen LogP contribution is -2.39. The second-order valence-electron chi connectivity index (χ2n) is 5.68. The number of aromatic nitrogens is 1. The van der Waals surface area contributed by atoms with Gasteiger partial charge in [0.25, 0.3) is 5.91 Å². The van der Waals surface area contributed by atoms with Gasteiger partial charge in [-0.05, 0) is 49.6 Å². The zero-order valence-corrected chi connectivity index (χ0v) is 13.7. The summed E-state index contributed by atoms with van der Waals surface area (Å²) in [4.78, 5) is 15.4. The molecule has 2 aromatic rings. The number of nitrogens with one attached hydrogen (secondary N) is 3. The first-order valence-corrected chi connectivity index (χ1v) is 7.41. The first kappa shape index (κ1) is 16.6. The van der Waals surface area contributed by atoms with Crippen LogP contribution in [-0.2, 0) is 6.42 Å². The molecule has 1 amide bonds. The van der Waals surface area contributed by atoms with Crippen molar-refractivity contribution in [2.75, 3.05) is 13.1 Å². The summed E-state index contributed by atoms with van der Waals surface area (Å²) in [7, 11) is 0. The van der Waals surface area contributed by atoms with E-state index in [1.54, 1.807) is 0 Å². The lowest BCUT2D eigenvalue weighted by atomic mass is 9.94. The van der Waals surface area contributed by atoms with E-state index >= 15 is 0 Å². The van der Waals surface area contributed by atoms with Gasteiger partial charge in [-0.3, -0.25) is 4.79 Å². The van der Waals surface area contributed by atoms with E-state index in [0.717, 1.165) is 24.2 Å². The van der Waals surface area contributed by atoms with Gasteiger partial charge >= 0.3 is 0 Å². The molecule has 118 valence electrons. The zero-order valence-electron chi connectivity index (χ0n) is 12.9. The summed E-state index contributed by atoms with van der Waals surface area (Å²) in [5, 5.41) is 6.51. The Morgan fingerprint density at radius 1 is 1.32 bits per heavy atom. The van der Waals surface area contributed by atoms with Crippen molar-refractivity contribution in [3.63, 3.8) is 0 Å². The fourth-order valence-electron chi connectivity index (χ4n) is 3.02. The molecule has 0 saturated heterocycles. The Labute approximate surface area is 137 Å². The van der Waals surface area contributed by atoms with Crippen molar-refractivity contribution in [1.29, 1.82) is 0 Å². The Hall–Kier alpha value is -1.78. The molecule has 1 aliphatic heterocycles. The average molecular weight is 320 g/mol. The van der Waals surface area contributed by atoms with Gasteiger partial charge in [0.2, 0.25) is 0 Å². The summed E-state index contributed by atoms with van der Waals surface area (Å²) in [6.45, 7) is 5.47. The molecule has 1 atom stereocenters. The van der Waals surface area contributed by atoms with Gasteiger partial charge in [-0.15, -0.1) is 12.4 Å². The van der Waals surface area contributed by atoms with Crippen LogP contribution in [0.25, 0.3) is 0 Å². The summed E-state index contributed by atoms with van der Waals surface area (Å²) in [6, 6.07) is 10.6. The van der Waals surface area contributed by atoms with Crippen LogP contribution in [0.4, 0.5) is 0 Å². The summed E-state index contributed by atoms with van der Waals surface area (Å²) >= 11 is 0. The van der Waals surface area contributed by atoms with E-state index in [-0.39, 0.29) is 24.4 Å². The molecule has 0 radical (unpaired) electrons. The number of rotatable bonds is 3. The molecule has 0 fully saturated rings. The Morgan fingerprint density at radius 2 is 2.09 bits per heavy atom. The van der Waals surface area contributed by atoms with E-state index in [1.807, 2.05) is 19.9 Å². The van der Waals surface area contributed by atoms with Crippen LogP contribution >= 0.6 is 12.4 Å². The molecular weight excluding hydrogens is 298 g/mol. The second kappa shape index (κ2) is 6.99. The molecule has 1 unspecified atom stereocenters. The molecule has 0 spiro atoms. The monoisotopic (exact) mass is 319 g/mol. The molecule has 1 aliphatic rings. The number of carbonyl (C=O) groups excluding carboxylic acids is 1. The Balaban J connectivity index is 0.00000176. The van der Waals surface area contributed by atoms with Crippen molar-refractivity contribution in [3.8, 4) is 0 Å². The van der Waals surface area contributed by atoms with Crippen LogP contribution in [0.1, 0.15) is 38.9 Å². The van der Waals surface area contributed by atoms with E-state index in [0.29, 0.717) is 12.2 Å². The Kier molecular flexibility index (Phi) is 5.27. The van der Waals surface area contributed by atoms with Crippen molar-refractivity contribution < 1.29 is 4.79 Å². The third-order valence-corrected chi connectivity index (χ3v) is 4.06. The number of aromatic amines is 1. The first-order valence-electron chi connectivity index (χ1n) is 7.41. The predicted molar refractivity (Wildman–Crippen MR) is 90.7 cm³/mol. The quantitative estimate of drug-likeness (QED) is 0.814. The predicted octanol–water partition coefficient (Wildman–Crippen LogP) is 2.67. The van der Waals surface area contributed by atoms with E-state index < -0.39 is 0 Å². The minimum Gasteiger partial charge on any atom is -0.354 e. The number of halogens is 1. The van der Waals surface area contributed by atoms with Gasteiger partial charge in [-0.1, -0.05) is 24.3 Å². The van der Waals surface area contributed by atoms with Crippen LogP contribution in [0.3, 0.4) is 0 Å². The summed E-state index contributed by atoms with van der Waals surface area (Å²) < 4.78 is 0. The molecule has 5 heteroatoms. The largest absolute Gasteiger partial charge is 0.354 e. The van der Waals surface area contributed by atoms with Gasteiger partial charge in [0.1, 0.15) is 5.69 Å². The van der Waals surface area contributed by atoms with Gasteiger partial charge in [0, 0.05) is 18.3 Å². The fraction of sp³-hybridized carbons (Fsp3) is 0.353. The fourth-order valence-corrected chi connectivity index (χ4v) is 3.02. The third kappa shape index (κ3) is 3.34. The number of H-pyrrole nitrogens is 1. The van der Waals surface area contributed by atoms with Crippen LogP contribution in [0.5, 0.6) is 0 Å². The highest BCUT2D eigenvalue weighted by molar-refractivity contribution is 5.94. The van der Waals surface area contributed by atoms with Gasteiger partial charge in [0.05, 0.1) is 0 Å². The molecule has 0 saturated carbocycles. The van der Waals surface area contributed by atoms with Gasteiger partial charge in [0.15, 0.2) is 0 Å². The number of aryl methyl sites for hydroxylation is 2. The molecule has 3 rings (SSSR count). The van der Waals surface area contributed by atoms with Gasteiger partial charge in [-0.25, -0.2) is 0 Å². The molecule has 4 nitrogen and oxygen atoms in total. The summed E-state index contributed by atoms with van der Waals surface area (Å²) in [5.74, 6) is -0.0366. The number of fused-ring (bicyclic) bond motifs is 1. The Bertz CT molecular complexity index is 666. The number of carbonyl (C=O) groups is 1. The standard InChI is InChI=1S/C17H21N3O.ClH/c1-11-9-12(2)20-16(11)17(21)19-10-15-14-6-4-3-5-13(14)7-8-18-15;/h3-6,9,15,18,20H,7-8,10H2,1-2H3,(H,19,21);1H. The number of amides is 1. The molecule has 22 heavy (non-hydrogen) atoms. The van der Waals surface area contributed by atoms with E-state index in [2.05, 4.69) is 39.9 Å². The van der Waals surface area contributed by atoms with E-state index in [4.69, 9.17) is 0 Å². The molecule has 0 bridgehead atoms. The maximum atomic E-state index is 12.3. The summed E-state index contributed by atoms with van der Waals surface area (Å²) in [5.41, 5.74) is 5.34. The highest BCUT2D eigenvalue weighted by atomic mass is 35.5. The first-order chi connectivity index (χ1) is 10.1. The molecule has 2 heterocycles. The van der Waals surface area contributed by atoms with E-state index in [1.165, 1.54) is 11.1 Å². The average Bonchev–Trinajstić information content (AvgIpc) is 2.83. The van der Waals surface area contributed by atoms with Crippen LogP contribution in [0, 0.1) is 13.8 Å². The number of hydrogen-bond donors (Lipinski definition) is 3. The second-order valence-corrected chi connectivity index (χ2v) is 5.68. The molecule has 0 aliphatic carbocycles. The number of hydrogen-bond acceptors (Lipinski definition) is 2. The van der Waals surface area contributed by atoms with Crippen molar-refractivity contribution in [3.05, 3.63) is 58.4 Å². The van der Waals surface area contributed by atoms with Crippen LogP contribution in [0.2, 0.25) is 0 Å². The van der Waals surface area contributed by atoms with E-state index in [9.17, 15) is 4.79 Å². The lowest BCUT2D eigenvalue weighted by Gasteiger charge is -2.27. The van der Waals surface area contributed by atoms with Gasteiger partial charge < -0.3 is 15.6 Å². The van der Waals surface area contributed by atoms with Crippen molar-refractivity contribution >= 4 is 18.3 Å². The highest BCUT2D eigenvalue weighted by Gasteiger charge is 2.20. The highest BCUT2D eigenvalue weighted by Crippen LogP contribution is 2.22. The zero-order chi connectivity index (χ0) is 14.8. The molecular formula is C17H22ClN3O. The molecule has 1 aromatic heterocycles. The summed E-state index contributed by atoms with van der Waals surface area (Å²) in [6.07, 6.45) is 1.05. The van der Waals surface area contributed by atoms with Gasteiger partial charge in [-0.2, -0.15) is 0 Å². The maximum absolute atomic E-state index is 12.3. The topological polar surface area (TPSA) is 56.9 Å². The smallest absolute Gasteiger partial charge is 0.268 e. The minimum atomic E-state index is -0.0366. The molecule has 1 aromatic carbocycles. The Morgan fingerprint density at radius 3 is 2.82 bits per heavy atom. The van der Waals surface area contributed by atoms with Crippen LogP contribution in [-0.4, -0.2) is 24.0 Å². The normalized spacial score (nSPS) is 16.5. The van der Waals surface area contributed by atoms with Crippen molar-refractivity contribution in [1.82, 2.24) is 15.6 Å². The third-order valence-electron chi connectivity index (χ3n) is 4.06. The maximum Gasteiger partial charge on any atom is 0.268 e. The molecule has 3 N–H and O–H groups in total. The van der Waals surface area contributed by atoms with Crippen molar-refractivity contribution in [2.45, 2.75) is 26.3 Å². The SMILES string of the molecule is Cc1cc(C)c(C(=O)NCC2NCCc3ccccc32)[nH]1.Cl. The minimum absolute atomic E-state index is 0. The van der Waals surface area contributed by atoms with Crippen LogP contribution in [0.15, 0.2) is 30.3 Å². The number of benzene rings is 1. The lowest BCUT2D eigenvalue weighted by molar-refractivity contribution is 0.0944. The van der Waals surface area contributed by atoms with Crippen LogP contribution < -0.4 is 10.6 Å².